The summed E-state index contributed by atoms with van der Waals surface area (Å²) < 4.78 is 1.95. The Bertz CT molecular complexity index is 480. The zero-order chi connectivity index (χ0) is 11.1. The number of aromatic nitrogens is 2. The van der Waals surface area contributed by atoms with Crippen LogP contribution in [0.15, 0.2) is 24.4 Å². The first kappa shape index (κ1) is 10.2. The second kappa shape index (κ2) is 3.35. The van der Waals surface area contributed by atoms with E-state index in [4.69, 9.17) is 0 Å². The highest BCUT2D eigenvalue weighted by Gasteiger charge is 2.22. The van der Waals surface area contributed by atoms with Gasteiger partial charge in [-0.1, -0.05) is 26.8 Å². The van der Waals surface area contributed by atoms with Crippen molar-refractivity contribution in [1.29, 1.82) is 0 Å². The Balaban J connectivity index is 2.75. The van der Waals surface area contributed by atoms with E-state index in [1.807, 2.05) is 28.8 Å². The van der Waals surface area contributed by atoms with Crippen LogP contribution in [-0.4, -0.2) is 14.5 Å². The van der Waals surface area contributed by atoms with Gasteiger partial charge in [0.05, 0.1) is 18.0 Å². The molecule has 2 heterocycles. The van der Waals surface area contributed by atoms with E-state index >= 15 is 0 Å². The number of aliphatic hydroxyl groups is 1. The molecule has 0 saturated heterocycles. The Hall–Kier alpha value is -1.35. The minimum absolute atomic E-state index is 0.0256. The molecule has 0 atom stereocenters. The first-order valence-corrected chi connectivity index (χ1v) is 5.11. The Kier molecular flexibility index (Phi) is 2.27. The van der Waals surface area contributed by atoms with Crippen LogP contribution in [0.5, 0.6) is 0 Å². The topological polar surface area (TPSA) is 37.5 Å². The molecule has 3 nitrogen and oxygen atoms in total. The van der Waals surface area contributed by atoms with Gasteiger partial charge >= 0.3 is 0 Å². The highest BCUT2D eigenvalue weighted by molar-refractivity contribution is 5.44. The second-order valence-corrected chi connectivity index (χ2v) is 4.74. The molecule has 0 bridgehead atoms. The maximum Gasteiger partial charge on any atom is 0.137 e. The summed E-state index contributed by atoms with van der Waals surface area (Å²) in [4.78, 5) is 4.56. The molecule has 0 fully saturated rings. The van der Waals surface area contributed by atoms with Gasteiger partial charge in [0.25, 0.3) is 0 Å². The lowest BCUT2D eigenvalue weighted by atomic mass is 9.91. The number of hydrogen-bond donors (Lipinski definition) is 1. The second-order valence-electron chi connectivity index (χ2n) is 4.74. The fraction of sp³-hybridized carbons (Fsp3) is 0.417. The summed E-state index contributed by atoms with van der Waals surface area (Å²) >= 11 is 0. The van der Waals surface area contributed by atoms with Crippen molar-refractivity contribution in [3.05, 3.63) is 35.8 Å². The van der Waals surface area contributed by atoms with E-state index in [-0.39, 0.29) is 12.0 Å². The van der Waals surface area contributed by atoms with Crippen LogP contribution in [0.1, 0.15) is 32.2 Å². The van der Waals surface area contributed by atoms with Gasteiger partial charge in [-0.15, -0.1) is 0 Å². The van der Waals surface area contributed by atoms with Gasteiger partial charge in [-0.05, 0) is 12.1 Å². The van der Waals surface area contributed by atoms with E-state index in [1.54, 1.807) is 0 Å². The van der Waals surface area contributed by atoms with Gasteiger partial charge in [-0.25, -0.2) is 4.98 Å². The SMILES string of the molecule is CC(C)(C)c1nc2ccccn2c1CO. The molecule has 2 rings (SSSR count). The minimum Gasteiger partial charge on any atom is -0.390 e. The number of imidazole rings is 1. The highest BCUT2D eigenvalue weighted by atomic mass is 16.3. The van der Waals surface area contributed by atoms with Crippen molar-refractivity contribution < 1.29 is 5.11 Å². The zero-order valence-corrected chi connectivity index (χ0v) is 9.36. The van der Waals surface area contributed by atoms with E-state index in [2.05, 4.69) is 25.8 Å². The molecule has 0 unspecified atom stereocenters. The lowest BCUT2D eigenvalue weighted by molar-refractivity contribution is 0.272. The van der Waals surface area contributed by atoms with E-state index in [0.29, 0.717) is 0 Å². The number of hydrogen-bond acceptors (Lipinski definition) is 2. The third-order valence-corrected chi connectivity index (χ3v) is 2.49. The minimum atomic E-state index is -0.0376. The molecule has 0 radical (unpaired) electrons. The van der Waals surface area contributed by atoms with Crippen LogP contribution in [0.3, 0.4) is 0 Å². The molecule has 15 heavy (non-hydrogen) atoms. The molecule has 2 aromatic rings. The van der Waals surface area contributed by atoms with Gasteiger partial charge in [0.1, 0.15) is 5.65 Å². The number of fused-ring (bicyclic) bond motifs is 1. The Morgan fingerprint density at radius 1 is 1.33 bits per heavy atom. The van der Waals surface area contributed by atoms with Crippen LogP contribution < -0.4 is 0 Å². The van der Waals surface area contributed by atoms with Crippen LogP contribution in [0, 0.1) is 0 Å². The molecule has 0 aliphatic carbocycles. The first-order valence-electron chi connectivity index (χ1n) is 5.11. The van der Waals surface area contributed by atoms with Crippen LogP contribution in [0.25, 0.3) is 5.65 Å². The van der Waals surface area contributed by atoms with Gasteiger partial charge in [0.2, 0.25) is 0 Å². The largest absolute Gasteiger partial charge is 0.390 e. The highest BCUT2D eigenvalue weighted by Crippen LogP contribution is 2.26. The maximum absolute atomic E-state index is 9.41. The summed E-state index contributed by atoms with van der Waals surface area (Å²) in [7, 11) is 0. The number of aliphatic hydroxyl groups excluding tert-OH is 1. The lowest BCUT2D eigenvalue weighted by Gasteiger charge is -2.16. The molecule has 0 saturated carbocycles. The van der Waals surface area contributed by atoms with E-state index in [9.17, 15) is 5.11 Å². The van der Waals surface area contributed by atoms with Crippen molar-refractivity contribution in [2.45, 2.75) is 32.8 Å². The normalized spacial score (nSPS) is 12.3. The number of rotatable bonds is 1. The summed E-state index contributed by atoms with van der Waals surface area (Å²) in [6.07, 6.45) is 1.93. The van der Waals surface area contributed by atoms with Crippen LogP contribution >= 0.6 is 0 Å². The van der Waals surface area contributed by atoms with Gasteiger partial charge < -0.3 is 9.51 Å². The summed E-state index contributed by atoms with van der Waals surface area (Å²) in [5.74, 6) is 0. The van der Waals surface area contributed by atoms with Gasteiger partial charge in [0.15, 0.2) is 0 Å². The molecule has 0 aliphatic heterocycles. The van der Waals surface area contributed by atoms with Crippen molar-refractivity contribution in [3.63, 3.8) is 0 Å². The molecule has 2 aromatic heterocycles. The Labute approximate surface area is 89.4 Å². The fourth-order valence-corrected chi connectivity index (χ4v) is 1.80. The molecule has 80 valence electrons. The van der Waals surface area contributed by atoms with Crippen molar-refractivity contribution >= 4 is 5.65 Å². The molecular formula is C12H16N2O. The third kappa shape index (κ3) is 1.63. The summed E-state index contributed by atoms with van der Waals surface area (Å²) in [6.45, 7) is 6.34. The average Bonchev–Trinajstić information content (AvgIpc) is 2.55. The smallest absolute Gasteiger partial charge is 0.137 e. The third-order valence-electron chi connectivity index (χ3n) is 2.49. The molecule has 3 heteroatoms. The monoisotopic (exact) mass is 204 g/mol. The van der Waals surface area contributed by atoms with E-state index < -0.39 is 0 Å². The van der Waals surface area contributed by atoms with E-state index in [0.717, 1.165) is 17.0 Å². The molecule has 0 spiro atoms. The number of pyridine rings is 1. The predicted octanol–water partition coefficient (Wildman–Crippen LogP) is 2.12. The summed E-state index contributed by atoms with van der Waals surface area (Å²) in [6, 6.07) is 5.85. The van der Waals surface area contributed by atoms with Crippen molar-refractivity contribution in [1.82, 2.24) is 9.38 Å². The average molecular weight is 204 g/mol. The quantitative estimate of drug-likeness (QED) is 0.772. The zero-order valence-electron chi connectivity index (χ0n) is 9.36. The van der Waals surface area contributed by atoms with Crippen LogP contribution in [0.4, 0.5) is 0 Å². The molecule has 0 amide bonds. The van der Waals surface area contributed by atoms with E-state index in [1.165, 1.54) is 0 Å². The molecule has 0 aromatic carbocycles. The van der Waals surface area contributed by atoms with Gasteiger partial charge in [0, 0.05) is 11.6 Å². The predicted molar refractivity (Wildman–Crippen MR) is 59.8 cm³/mol. The molecule has 1 N–H and O–H groups in total. The summed E-state index contributed by atoms with van der Waals surface area (Å²) in [5.41, 5.74) is 2.71. The fourth-order valence-electron chi connectivity index (χ4n) is 1.80. The maximum atomic E-state index is 9.41. The standard InChI is InChI=1S/C12H16N2O/c1-12(2,3)11-9(8-15)14-7-5-4-6-10(14)13-11/h4-7,15H,8H2,1-3H3. The first-order chi connectivity index (χ1) is 7.04. The Morgan fingerprint density at radius 3 is 2.67 bits per heavy atom. The summed E-state index contributed by atoms with van der Waals surface area (Å²) in [5, 5.41) is 9.41. The number of nitrogens with zero attached hydrogens (tertiary/aromatic N) is 2. The van der Waals surface area contributed by atoms with Crippen molar-refractivity contribution in [3.8, 4) is 0 Å². The van der Waals surface area contributed by atoms with Crippen molar-refractivity contribution in [2.75, 3.05) is 0 Å². The van der Waals surface area contributed by atoms with Crippen LogP contribution in [0.2, 0.25) is 0 Å². The lowest BCUT2D eigenvalue weighted by Crippen LogP contribution is -2.14. The molecular weight excluding hydrogens is 188 g/mol. The van der Waals surface area contributed by atoms with Crippen LogP contribution in [-0.2, 0) is 12.0 Å². The molecule has 0 aliphatic rings. The van der Waals surface area contributed by atoms with Gasteiger partial charge in [-0.3, -0.25) is 0 Å². The Morgan fingerprint density at radius 2 is 2.07 bits per heavy atom. The van der Waals surface area contributed by atoms with Crippen molar-refractivity contribution in [2.24, 2.45) is 0 Å². The van der Waals surface area contributed by atoms with Gasteiger partial charge in [-0.2, -0.15) is 0 Å².